The summed E-state index contributed by atoms with van der Waals surface area (Å²) >= 11 is 0. The van der Waals surface area contributed by atoms with Crippen LogP contribution < -0.4 is 0 Å². The lowest BCUT2D eigenvalue weighted by molar-refractivity contribution is -0.386. The number of carbonyl (C=O) groups is 1. The number of aliphatic hydroxyl groups is 1. The van der Waals surface area contributed by atoms with Crippen LogP contribution >= 0.6 is 0 Å². The molecule has 2 rings (SSSR count). The summed E-state index contributed by atoms with van der Waals surface area (Å²) in [5.74, 6) is -2.21. The number of halogens is 3. The minimum absolute atomic E-state index is 0.327. The number of nitro groups is 1. The third-order valence-corrected chi connectivity index (χ3v) is 3.65. The zero-order valence-corrected chi connectivity index (χ0v) is 12.3. The number of nitro benzene ring substituents is 1. The number of esters is 1. The molecule has 0 saturated carbocycles. The van der Waals surface area contributed by atoms with Crippen LogP contribution in [0.25, 0.3) is 0 Å². The Bertz CT molecular complexity index is 741. The van der Waals surface area contributed by atoms with Crippen LogP contribution in [-0.4, -0.2) is 23.1 Å². The number of carbonyl (C=O) groups excluding carboxylic acids is 1. The van der Waals surface area contributed by atoms with Crippen LogP contribution in [0.5, 0.6) is 0 Å². The molecule has 1 aromatic carbocycles. The Kier molecular flexibility index (Phi) is 4.48. The van der Waals surface area contributed by atoms with Crippen molar-refractivity contribution >= 4 is 11.7 Å². The highest BCUT2D eigenvalue weighted by Gasteiger charge is 2.46. The van der Waals surface area contributed by atoms with Crippen molar-refractivity contribution < 1.29 is 32.7 Å². The predicted octanol–water partition coefficient (Wildman–Crippen LogP) is 2.72. The molecule has 0 spiro atoms. The Morgan fingerprint density at radius 1 is 1.38 bits per heavy atom. The Morgan fingerprint density at radius 3 is 2.58 bits per heavy atom. The van der Waals surface area contributed by atoms with Crippen molar-refractivity contribution in [3.8, 4) is 0 Å². The monoisotopic (exact) mass is 343 g/mol. The van der Waals surface area contributed by atoms with E-state index in [4.69, 9.17) is 0 Å². The van der Waals surface area contributed by atoms with Crippen LogP contribution in [0.2, 0.25) is 0 Å². The van der Waals surface area contributed by atoms with E-state index in [2.05, 4.69) is 4.74 Å². The number of hydrogen-bond donors (Lipinski definition) is 1. The highest BCUT2D eigenvalue weighted by Crippen LogP contribution is 2.42. The highest BCUT2D eigenvalue weighted by molar-refractivity contribution is 5.78. The zero-order chi connectivity index (χ0) is 18.1. The lowest BCUT2D eigenvalue weighted by Gasteiger charge is -2.32. The summed E-state index contributed by atoms with van der Waals surface area (Å²) in [5, 5.41) is 22.0. The number of nitrogens with zero attached hydrogens (tertiary/aromatic N) is 1. The number of alkyl halides is 3. The predicted molar refractivity (Wildman–Crippen MR) is 75.8 cm³/mol. The Labute approximate surface area is 134 Å². The number of hydrogen-bond acceptors (Lipinski definition) is 5. The van der Waals surface area contributed by atoms with Gasteiger partial charge < -0.3 is 9.84 Å². The first-order chi connectivity index (χ1) is 11.1. The number of allylic oxidation sites excluding steroid dienone is 2. The number of ether oxygens (including phenoxy) is 1. The maximum Gasteiger partial charge on any atom is 0.416 e. The molecular weight excluding hydrogens is 331 g/mol. The fourth-order valence-corrected chi connectivity index (χ4v) is 2.47. The third kappa shape index (κ3) is 3.02. The van der Waals surface area contributed by atoms with E-state index < -0.39 is 45.4 Å². The van der Waals surface area contributed by atoms with Crippen molar-refractivity contribution in [1.82, 2.24) is 0 Å². The van der Waals surface area contributed by atoms with Gasteiger partial charge in [-0.05, 0) is 18.2 Å². The van der Waals surface area contributed by atoms with E-state index in [1.54, 1.807) is 0 Å². The molecule has 1 aliphatic rings. The Balaban J connectivity index is 2.65. The summed E-state index contributed by atoms with van der Waals surface area (Å²) in [4.78, 5) is 22.0. The second kappa shape index (κ2) is 6.08. The van der Waals surface area contributed by atoms with Crippen molar-refractivity contribution in [2.75, 3.05) is 7.11 Å². The largest absolute Gasteiger partial charge is 0.468 e. The fraction of sp³-hybridized carbons (Fsp3) is 0.267. The molecule has 0 saturated heterocycles. The van der Waals surface area contributed by atoms with Crippen molar-refractivity contribution in [2.45, 2.75) is 11.8 Å². The van der Waals surface area contributed by atoms with Gasteiger partial charge in [-0.3, -0.25) is 14.9 Å². The molecule has 9 heteroatoms. The van der Waals surface area contributed by atoms with E-state index in [1.807, 2.05) is 0 Å². The van der Waals surface area contributed by atoms with Crippen molar-refractivity contribution in [3.63, 3.8) is 0 Å². The molecule has 0 radical (unpaired) electrons. The molecule has 0 aromatic heterocycles. The maximum atomic E-state index is 12.8. The topological polar surface area (TPSA) is 89.7 Å². The van der Waals surface area contributed by atoms with Gasteiger partial charge in [0.2, 0.25) is 0 Å². The molecule has 2 atom stereocenters. The van der Waals surface area contributed by atoms with Gasteiger partial charge in [-0.15, -0.1) is 0 Å². The average Bonchev–Trinajstić information content (AvgIpc) is 2.53. The zero-order valence-electron chi connectivity index (χ0n) is 12.3. The van der Waals surface area contributed by atoms with Crippen LogP contribution in [0.3, 0.4) is 0 Å². The third-order valence-electron chi connectivity index (χ3n) is 3.65. The molecule has 24 heavy (non-hydrogen) atoms. The van der Waals surface area contributed by atoms with E-state index in [0.29, 0.717) is 12.1 Å². The van der Waals surface area contributed by atoms with E-state index in [9.17, 15) is 33.2 Å². The minimum Gasteiger partial charge on any atom is -0.468 e. The SMILES string of the molecule is COC(=O)C1C=CC=CC1(O)c1ccc(C(F)(F)F)cc1[N+](=O)[O-]. The number of rotatable bonds is 3. The summed E-state index contributed by atoms with van der Waals surface area (Å²) < 4.78 is 42.9. The van der Waals surface area contributed by atoms with Gasteiger partial charge in [0.05, 0.1) is 23.2 Å². The Morgan fingerprint density at radius 2 is 2.04 bits per heavy atom. The van der Waals surface area contributed by atoms with Crippen LogP contribution in [0.4, 0.5) is 18.9 Å². The second-order valence-electron chi connectivity index (χ2n) is 5.06. The van der Waals surface area contributed by atoms with E-state index in [1.165, 1.54) is 18.2 Å². The molecule has 0 amide bonds. The first-order valence-electron chi connectivity index (χ1n) is 6.63. The van der Waals surface area contributed by atoms with Gasteiger partial charge in [0.25, 0.3) is 5.69 Å². The summed E-state index contributed by atoms with van der Waals surface area (Å²) in [6, 6.07) is 1.73. The number of methoxy groups -OCH3 is 1. The van der Waals surface area contributed by atoms with Crippen LogP contribution in [0, 0.1) is 16.0 Å². The lowest BCUT2D eigenvalue weighted by atomic mass is 9.77. The molecule has 1 aromatic rings. The molecule has 1 N–H and O–H groups in total. The van der Waals surface area contributed by atoms with Gasteiger partial charge in [-0.2, -0.15) is 13.2 Å². The molecule has 2 unspecified atom stereocenters. The van der Waals surface area contributed by atoms with Gasteiger partial charge in [0.1, 0.15) is 11.5 Å². The quantitative estimate of drug-likeness (QED) is 0.518. The minimum atomic E-state index is -4.78. The molecule has 1 aliphatic carbocycles. The average molecular weight is 343 g/mol. The van der Waals surface area contributed by atoms with Gasteiger partial charge in [0, 0.05) is 6.07 Å². The van der Waals surface area contributed by atoms with Gasteiger partial charge in [0.15, 0.2) is 0 Å². The molecular formula is C15H12F3NO5. The first-order valence-corrected chi connectivity index (χ1v) is 6.63. The van der Waals surface area contributed by atoms with E-state index in [-0.39, 0.29) is 0 Å². The molecule has 0 fully saturated rings. The lowest BCUT2D eigenvalue weighted by Crippen LogP contribution is -2.39. The summed E-state index contributed by atoms with van der Waals surface area (Å²) in [6.45, 7) is 0. The van der Waals surface area contributed by atoms with Gasteiger partial charge in [-0.1, -0.05) is 18.2 Å². The highest BCUT2D eigenvalue weighted by atomic mass is 19.4. The van der Waals surface area contributed by atoms with Crippen molar-refractivity contribution in [1.29, 1.82) is 0 Å². The molecule has 128 valence electrons. The van der Waals surface area contributed by atoms with E-state index in [0.717, 1.165) is 19.3 Å². The molecule has 0 aliphatic heterocycles. The first kappa shape index (κ1) is 17.7. The Hall–Kier alpha value is -2.68. The summed E-state index contributed by atoms with van der Waals surface area (Å²) in [5.41, 5.74) is -4.81. The second-order valence-corrected chi connectivity index (χ2v) is 5.06. The summed E-state index contributed by atoms with van der Waals surface area (Å²) in [7, 11) is 1.07. The molecule has 6 nitrogen and oxygen atoms in total. The van der Waals surface area contributed by atoms with Crippen molar-refractivity contribution in [3.05, 3.63) is 63.7 Å². The number of benzene rings is 1. The van der Waals surface area contributed by atoms with Crippen LogP contribution in [-0.2, 0) is 21.3 Å². The van der Waals surface area contributed by atoms with Crippen LogP contribution in [0.1, 0.15) is 11.1 Å². The van der Waals surface area contributed by atoms with Gasteiger partial charge >= 0.3 is 12.1 Å². The molecule has 0 heterocycles. The smallest absolute Gasteiger partial charge is 0.416 e. The van der Waals surface area contributed by atoms with E-state index >= 15 is 0 Å². The standard InChI is InChI=1S/C15H12F3NO5/c1-24-13(20)11-4-2-3-7-14(11,21)10-6-5-9(15(16,17)18)8-12(10)19(22)23/h2-8,11,21H,1H3. The maximum absolute atomic E-state index is 12.8. The molecule has 0 bridgehead atoms. The fourth-order valence-electron chi connectivity index (χ4n) is 2.47. The summed E-state index contributed by atoms with van der Waals surface area (Å²) in [6.07, 6.45) is 0.334. The van der Waals surface area contributed by atoms with Crippen LogP contribution in [0.15, 0.2) is 42.5 Å². The van der Waals surface area contributed by atoms with Gasteiger partial charge in [-0.25, -0.2) is 0 Å². The normalized spacial score (nSPS) is 23.1. The van der Waals surface area contributed by atoms with Crippen molar-refractivity contribution in [2.24, 2.45) is 5.92 Å².